The first-order valence-electron chi connectivity index (χ1n) is 7.38. The maximum atomic E-state index is 12.9. The van der Waals surface area contributed by atoms with E-state index in [1.165, 1.54) is 0 Å². The number of carbonyl (C=O) groups is 1. The Balaban J connectivity index is 1.77. The van der Waals surface area contributed by atoms with Gasteiger partial charge in [-0.05, 0) is 50.4 Å². The fraction of sp³-hybridized carbons (Fsp3) is 0.562. The van der Waals surface area contributed by atoms with Crippen molar-refractivity contribution in [3.63, 3.8) is 0 Å². The number of hydrogen-bond donors (Lipinski definition) is 2. The van der Waals surface area contributed by atoms with Crippen LogP contribution in [0, 0.1) is 5.41 Å². The number of phenols is 1. The summed E-state index contributed by atoms with van der Waals surface area (Å²) in [5.74, 6) is 0.521. The lowest BCUT2D eigenvalue weighted by Gasteiger charge is -2.31. The summed E-state index contributed by atoms with van der Waals surface area (Å²) in [6.07, 6.45) is 3.12. The van der Waals surface area contributed by atoms with Gasteiger partial charge in [-0.2, -0.15) is 0 Å². The first-order valence-corrected chi connectivity index (χ1v) is 7.38. The third-order valence-electron chi connectivity index (χ3n) is 4.40. The third kappa shape index (κ3) is 2.66. The smallest absolute Gasteiger partial charge is 0.230 e. The molecule has 0 radical (unpaired) electrons. The summed E-state index contributed by atoms with van der Waals surface area (Å²) in [7, 11) is 0. The number of phenolic OH excluding ortho intramolecular Hbond substituents is 1. The monoisotopic (exact) mass is 274 g/mol. The number of rotatable bonds is 4. The van der Waals surface area contributed by atoms with E-state index in [9.17, 15) is 9.90 Å². The second kappa shape index (κ2) is 5.09. The van der Waals surface area contributed by atoms with Gasteiger partial charge in [-0.1, -0.05) is 12.1 Å². The van der Waals surface area contributed by atoms with Gasteiger partial charge >= 0.3 is 0 Å². The predicted molar refractivity (Wildman–Crippen MR) is 77.3 cm³/mol. The Hall–Kier alpha value is -1.55. The SMILES string of the molecule is CC1(C(=O)N(Cc2cccc(O)c2)C2CC2)CCNC1. The standard InChI is InChI=1S/C16H22N2O2/c1-16(7-8-17-11-16)15(20)18(13-5-6-13)10-12-3-2-4-14(19)9-12/h2-4,9,13,17,19H,5-8,10-11H2,1H3. The molecule has 4 nitrogen and oxygen atoms in total. The highest BCUT2D eigenvalue weighted by Crippen LogP contribution is 2.35. The molecule has 2 N–H and O–H groups in total. The highest BCUT2D eigenvalue weighted by molar-refractivity contribution is 5.83. The molecule has 1 aliphatic heterocycles. The number of carbonyl (C=O) groups excluding carboxylic acids is 1. The van der Waals surface area contributed by atoms with Gasteiger partial charge < -0.3 is 15.3 Å². The van der Waals surface area contributed by atoms with Gasteiger partial charge in [0.1, 0.15) is 5.75 Å². The third-order valence-corrected chi connectivity index (χ3v) is 4.40. The van der Waals surface area contributed by atoms with E-state index in [-0.39, 0.29) is 17.1 Å². The van der Waals surface area contributed by atoms with Crippen LogP contribution in [0.15, 0.2) is 24.3 Å². The summed E-state index contributed by atoms with van der Waals surface area (Å²) in [6.45, 7) is 4.36. The average Bonchev–Trinajstić information content (AvgIpc) is 3.17. The molecule has 20 heavy (non-hydrogen) atoms. The first-order chi connectivity index (χ1) is 9.58. The zero-order chi connectivity index (χ0) is 14.2. The van der Waals surface area contributed by atoms with Gasteiger partial charge in [-0.25, -0.2) is 0 Å². The van der Waals surface area contributed by atoms with E-state index in [2.05, 4.69) is 12.2 Å². The number of nitrogens with zero attached hydrogens (tertiary/aromatic N) is 1. The van der Waals surface area contributed by atoms with Crippen LogP contribution < -0.4 is 5.32 Å². The second-order valence-corrected chi connectivity index (χ2v) is 6.32. The van der Waals surface area contributed by atoms with Crippen molar-refractivity contribution < 1.29 is 9.90 Å². The predicted octanol–water partition coefficient (Wildman–Crippen LogP) is 1.88. The van der Waals surface area contributed by atoms with Crippen molar-refractivity contribution in [3.05, 3.63) is 29.8 Å². The van der Waals surface area contributed by atoms with Crippen molar-refractivity contribution in [2.24, 2.45) is 5.41 Å². The fourth-order valence-corrected chi connectivity index (χ4v) is 2.95. The molecule has 3 rings (SSSR count). The lowest BCUT2D eigenvalue weighted by Crippen LogP contribution is -2.44. The Labute approximate surface area is 119 Å². The Morgan fingerprint density at radius 2 is 2.30 bits per heavy atom. The summed E-state index contributed by atoms with van der Waals surface area (Å²) in [6, 6.07) is 7.60. The molecule has 1 aliphatic carbocycles. The number of hydrogen-bond acceptors (Lipinski definition) is 3. The van der Waals surface area contributed by atoms with Gasteiger partial charge in [0, 0.05) is 19.1 Å². The van der Waals surface area contributed by atoms with Gasteiger partial charge in [0.15, 0.2) is 0 Å². The quantitative estimate of drug-likeness (QED) is 0.881. The maximum Gasteiger partial charge on any atom is 0.230 e. The summed E-state index contributed by atoms with van der Waals surface area (Å²) >= 11 is 0. The molecule has 2 fully saturated rings. The van der Waals surface area contributed by atoms with Crippen molar-refractivity contribution >= 4 is 5.91 Å². The van der Waals surface area contributed by atoms with Crippen LogP contribution in [0.3, 0.4) is 0 Å². The van der Waals surface area contributed by atoms with Crippen molar-refractivity contribution in [2.75, 3.05) is 13.1 Å². The molecule has 1 atom stereocenters. The second-order valence-electron chi connectivity index (χ2n) is 6.32. The van der Waals surface area contributed by atoms with Gasteiger partial charge in [0.2, 0.25) is 5.91 Å². The molecule has 0 bridgehead atoms. The number of nitrogens with one attached hydrogen (secondary N) is 1. The van der Waals surface area contributed by atoms with Gasteiger partial charge in [-0.15, -0.1) is 0 Å². The Bertz CT molecular complexity index is 505. The molecule has 1 unspecified atom stereocenters. The van der Waals surface area contributed by atoms with Crippen LogP contribution in [0.1, 0.15) is 31.7 Å². The minimum absolute atomic E-state index is 0.258. The molecule has 4 heteroatoms. The average molecular weight is 274 g/mol. The van der Waals surface area contributed by atoms with E-state index in [4.69, 9.17) is 0 Å². The molecule has 1 heterocycles. The molecule has 0 spiro atoms. The Morgan fingerprint density at radius 1 is 1.50 bits per heavy atom. The van der Waals surface area contributed by atoms with Crippen molar-refractivity contribution in [1.82, 2.24) is 10.2 Å². The summed E-state index contributed by atoms with van der Waals surface area (Å²) in [5.41, 5.74) is 0.735. The van der Waals surface area contributed by atoms with Crippen LogP contribution in [0.5, 0.6) is 5.75 Å². The highest BCUT2D eigenvalue weighted by atomic mass is 16.3. The summed E-state index contributed by atoms with van der Waals surface area (Å²) in [4.78, 5) is 14.9. The van der Waals surface area contributed by atoms with E-state index in [1.54, 1.807) is 12.1 Å². The van der Waals surface area contributed by atoms with Crippen molar-refractivity contribution in [1.29, 1.82) is 0 Å². The van der Waals surface area contributed by atoms with Gasteiger partial charge in [0.05, 0.1) is 5.41 Å². The maximum absolute atomic E-state index is 12.9. The van der Waals surface area contributed by atoms with Crippen LogP contribution in [-0.2, 0) is 11.3 Å². The molecule has 0 aromatic heterocycles. The number of aromatic hydroxyl groups is 1. The molecule has 1 aromatic carbocycles. The van der Waals surface area contributed by atoms with Crippen LogP contribution in [0.4, 0.5) is 0 Å². The van der Waals surface area contributed by atoms with Crippen LogP contribution in [0.25, 0.3) is 0 Å². The number of amides is 1. The molecule has 1 saturated heterocycles. The van der Waals surface area contributed by atoms with Crippen LogP contribution >= 0.6 is 0 Å². The van der Waals surface area contributed by atoms with Gasteiger partial charge in [0.25, 0.3) is 0 Å². The molecule has 2 aliphatic rings. The largest absolute Gasteiger partial charge is 0.508 e. The van der Waals surface area contributed by atoms with Crippen molar-refractivity contribution in [2.45, 2.75) is 38.8 Å². The van der Waals surface area contributed by atoms with E-state index < -0.39 is 0 Å². The molecule has 1 aromatic rings. The normalized spacial score (nSPS) is 25.6. The minimum atomic E-state index is -0.264. The van der Waals surface area contributed by atoms with E-state index in [0.29, 0.717) is 12.6 Å². The molecule has 1 saturated carbocycles. The van der Waals surface area contributed by atoms with Crippen molar-refractivity contribution in [3.8, 4) is 5.75 Å². The Morgan fingerprint density at radius 3 is 2.90 bits per heavy atom. The van der Waals surface area contributed by atoms with Crippen LogP contribution in [0.2, 0.25) is 0 Å². The molecular formula is C16H22N2O2. The minimum Gasteiger partial charge on any atom is -0.508 e. The Kier molecular flexibility index (Phi) is 3.42. The first kappa shape index (κ1) is 13.4. The molecular weight excluding hydrogens is 252 g/mol. The van der Waals surface area contributed by atoms with Gasteiger partial charge in [-0.3, -0.25) is 4.79 Å². The lowest BCUT2D eigenvalue weighted by atomic mass is 9.88. The highest BCUT2D eigenvalue weighted by Gasteiger charge is 2.43. The zero-order valence-corrected chi connectivity index (χ0v) is 11.9. The molecule has 1 amide bonds. The van der Waals surface area contributed by atoms with Crippen LogP contribution in [-0.4, -0.2) is 35.0 Å². The summed E-state index contributed by atoms with van der Waals surface area (Å²) < 4.78 is 0. The van der Waals surface area contributed by atoms with E-state index >= 15 is 0 Å². The number of benzene rings is 1. The zero-order valence-electron chi connectivity index (χ0n) is 11.9. The van der Waals surface area contributed by atoms with E-state index in [0.717, 1.165) is 37.9 Å². The summed E-state index contributed by atoms with van der Waals surface area (Å²) in [5, 5.41) is 12.9. The topological polar surface area (TPSA) is 52.6 Å². The fourth-order valence-electron chi connectivity index (χ4n) is 2.95. The van der Waals surface area contributed by atoms with E-state index in [1.807, 2.05) is 17.0 Å². The lowest BCUT2D eigenvalue weighted by molar-refractivity contribution is -0.141. The molecule has 108 valence electrons.